The first-order valence-electron chi connectivity index (χ1n) is 6.58. The number of nitrogens with one attached hydrogen (secondary N) is 3. The molecule has 7 heteroatoms. The van der Waals surface area contributed by atoms with Gasteiger partial charge in [0.05, 0.1) is 5.75 Å². The van der Waals surface area contributed by atoms with Gasteiger partial charge in [-0.25, -0.2) is 13.1 Å². The molecule has 1 heterocycles. The van der Waals surface area contributed by atoms with Crippen LogP contribution in [0.2, 0.25) is 0 Å². The predicted octanol–water partition coefficient (Wildman–Crippen LogP) is 0.324. The molecule has 0 aromatic heterocycles. The standard InChI is InChI=1S/C13H19N3O3S/c1-14-20(18,19)8-7-16-13(17)11-4-5-12-10(9-11)3-2-6-15-12/h4-5,9,14-15H,2-3,6-8H2,1H3,(H,16,17). The Morgan fingerprint density at radius 1 is 1.40 bits per heavy atom. The number of amides is 1. The number of carbonyl (C=O) groups is 1. The summed E-state index contributed by atoms with van der Waals surface area (Å²) in [5.74, 6) is -0.369. The first kappa shape index (κ1) is 14.8. The number of fused-ring (bicyclic) bond motifs is 1. The van der Waals surface area contributed by atoms with Crippen molar-refractivity contribution in [1.29, 1.82) is 0 Å². The van der Waals surface area contributed by atoms with Crippen molar-refractivity contribution in [2.24, 2.45) is 0 Å². The van der Waals surface area contributed by atoms with Gasteiger partial charge in [0.15, 0.2) is 0 Å². The molecule has 1 aliphatic rings. The van der Waals surface area contributed by atoms with E-state index in [-0.39, 0.29) is 18.2 Å². The molecule has 0 saturated carbocycles. The Labute approximate surface area is 119 Å². The summed E-state index contributed by atoms with van der Waals surface area (Å²) in [7, 11) is -1.93. The highest BCUT2D eigenvalue weighted by Crippen LogP contribution is 2.22. The molecule has 0 aliphatic carbocycles. The van der Waals surface area contributed by atoms with E-state index in [0.717, 1.165) is 30.6 Å². The lowest BCUT2D eigenvalue weighted by Gasteiger charge is -2.18. The topological polar surface area (TPSA) is 87.3 Å². The van der Waals surface area contributed by atoms with Crippen LogP contribution < -0.4 is 15.4 Å². The zero-order chi connectivity index (χ0) is 14.6. The van der Waals surface area contributed by atoms with Crippen LogP contribution in [0, 0.1) is 0 Å². The van der Waals surface area contributed by atoms with Gasteiger partial charge in [-0.1, -0.05) is 0 Å². The van der Waals surface area contributed by atoms with Crippen molar-refractivity contribution in [1.82, 2.24) is 10.0 Å². The molecule has 6 nitrogen and oxygen atoms in total. The Hall–Kier alpha value is -1.60. The third kappa shape index (κ3) is 3.71. The molecule has 3 N–H and O–H groups in total. The van der Waals surface area contributed by atoms with Gasteiger partial charge in [-0.05, 0) is 43.7 Å². The van der Waals surface area contributed by atoms with Crippen molar-refractivity contribution in [2.75, 3.05) is 31.2 Å². The summed E-state index contributed by atoms with van der Waals surface area (Å²) in [6.07, 6.45) is 2.01. The molecule has 0 saturated heterocycles. The van der Waals surface area contributed by atoms with Gasteiger partial charge < -0.3 is 10.6 Å². The lowest BCUT2D eigenvalue weighted by Crippen LogP contribution is -2.33. The molecule has 1 aliphatic heterocycles. The zero-order valence-electron chi connectivity index (χ0n) is 11.4. The quantitative estimate of drug-likeness (QED) is 0.730. The monoisotopic (exact) mass is 297 g/mol. The van der Waals surface area contributed by atoms with E-state index in [1.54, 1.807) is 6.07 Å². The fourth-order valence-electron chi connectivity index (χ4n) is 2.12. The second kappa shape index (κ2) is 6.23. The van der Waals surface area contributed by atoms with Gasteiger partial charge in [0.25, 0.3) is 5.91 Å². The Kier molecular flexibility index (Phi) is 4.61. The van der Waals surface area contributed by atoms with Crippen LogP contribution in [-0.2, 0) is 16.4 Å². The summed E-state index contributed by atoms with van der Waals surface area (Å²) < 4.78 is 24.7. The summed E-state index contributed by atoms with van der Waals surface area (Å²) in [6, 6.07) is 5.51. The van der Waals surface area contributed by atoms with E-state index in [2.05, 4.69) is 15.4 Å². The first-order valence-corrected chi connectivity index (χ1v) is 8.23. The fourth-order valence-corrected chi connectivity index (χ4v) is 2.69. The number of aryl methyl sites for hydroxylation is 1. The van der Waals surface area contributed by atoms with Crippen molar-refractivity contribution in [3.63, 3.8) is 0 Å². The van der Waals surface area contributed by atoms with Crippen LogP contribution in [0.1, 0.15) is 22.3 Å². The van der Waals surface area contributed by atoms with Gasteiger partial charge in [0.1, 0.15) is 0 Å². The van der Waals surface area contributed by atoms with Gasteiger partial charge >= 0.3 is 0 Å². The Balaban J connectivity index is 1.96. The third-order valence-electron chi connectivity index (χ3n) is 3.27. The number of hydrogen-bond acceptors (Lipinski definition) is 4. The van der Waals surface area contributed by atoms with Crippen molar-refractivity contribution < 1.29 is 13.2 Å². The van der Waals surface area contributed by atoms with Gasteiger partial charge in [-0.15, -0.1) is 0 Å². The number of carbonyl (C=O) groups excluding carboxylic acids is 1. The van der Waals surface area contributed by atoms with E-state index in [1.807, 2.05) is 12.1 Å². The highest BCUT2D eigenvalue weighted by atomic mass is 32.2. The molecule has 0 radical (unpaired) electrons. The maximum absolute atomic E-state index is 12.0. The average molecular weight is 297 g/mol. The molecule has 2 rings (SSSR count). The van der Waals surface area contributed by atoms with Crippen LogP contribution >= 0.6 is 0 Å². The van der Waals surface area contributed by atoms with E-state index < -0.39 is 10.0 Å². The third-order valence-corrected chi connectivity index (χ3v) is 4.64. The van der Waals surface area contributed by atoms with Crippen molar-refractivity contribution in [3.05, 3.63) is 29.3 Å². The van der Waals surface area contributed by atoms with Crippen LogP contribution in [0.15, 0.2) is 18.2 Å². The van der Waals surface area contributed by atoms with Gasteiger partial charge in [-0.2, -0.15) is 0 Å². The second-order valence-corrected chi connectivity index (χ2v) is 6.73. The minimum absolute atomic E-state index is 0.0946. The number of sulfonamides is 1. The van der Waals surface area contributed by atoms with Crippen LogP contribution in [0.3, 0.4) is 0 Å². The summed E-state index contributed by atoms with van der Waals surface area (Å²) >= 11 is 0. The Morgan fingerprint density at radius 2 is 2.20 bits per heavy atom. The Morgan fingerprint density at radius 3 is 2.95 bits per heavy atom. The van der Waals surface area contributed by atoms with E-state index in [0.29, 0.717) is 5.56 Å². The summed E-state index contributed by atoms with van der Waals surface area (Å²) in [5.41, 5.74) is 2.77. The number of anilines is 1. The van der Waals surface area contributed by atoms with E-state index >= 15 is 0 Å². The molecule has 20 heavy (non-hydrogen) atoms. The highest BCUT2D eigenvalue weighted by Gasteiger charge is 2.13. The fraction of sp³-hybridized carbons (Fsp3) is 0.462. The average Bonchev–Trinajstić information content (AvgIpc) is 2.46. The summed E-state index contributed by atoms with van der Waals surface area (Å²) in [4.78, 5) is 12.0. The van der Waals surface area contributed by atoms with Crippen LogP contribution in [0.5, 0.6) is 0 Å². The summed E-state index contributed by atoms with van der Waals surface area (Å²) in [5, 5.41) is 5.90. The van der Waals surface area contributed by atoms with Crippen molar-refractivity contribution >= 4 is 21.6 Å². The van der Waals surface area contributed by atoms with Crippen molar-refractivity contribution in [2.45, 2.75) is 12.8 Å². The number of hydrogen-bond donors (Lipinski definition) is 3. The van der Waals surface area contributed by atoms with Crippen LogP contribution in [-0.4, -0.2) is 40.2 Å². The molecule has 1 aromatic carbocycles. The molecule has 0 fully saturated rings. The van der Waals surface area contributed by atoms with E-state index in [4.69, 9.17) is 0 Å². The van der Waals surface area contributed by atoms with E-state index in [1.165, 1.54) is 7.05 Å². The molecular weight excluding hydrogens is 278 g/mol. The van der Waals surface area contributed by atoms with Crippen molar-refractivity contribution in [3.8, 4) is 0 Å². The molecule has 0 unspecified atom stereocenters. The largest absolute Gasteiger partial charge is 0.385 e. The molecule has 1 aromatic rings. The minimum Gasteiger partial charge on any atom is -0.385 e. The smallest absolute Gasteiger partial charge is 0.251 e. The lowest BCUT2D eigenvalue weighted by molar-refractivity contribution is 0.0956. The number of benzene rings is 1. The lowest BCUT2D eigenvalue weighted by atomic mass is 10.0. The maximum atomic E-state index is 12.0. The first-order chi connectivity index (χ1) is 9.52. The van der Waals surface area contributed by atoms with Gasteiger partial charge in [0.2, 0.25) is 10.0 Å². The SMILES string of the molecule is CNS(=O)(=O)CCNC(=O)c1ccc2c(c1)CCCN2. The van der Waals surface area contributed by atoms with Crippen LogP contribution in [0.25, 0.3) is 0 Å². The van der Waals surface area contributed by atoms with Gasteiger partial charge in [-0.3, -0.25) is 4.79 Å². The molecule has 0 bridgehead atoms. The van der Waals surface area contributed by atoms with E-state index in [9.17, 15) is 13.2 Å². The normalized spacial score (nSPS) is 14.2. The van der Waals surface area contributed by atoms with Gasteiger partial charge in [0, 0.05) is 24.3 Å². The second-order valence-electron chi connectivity index (χ2n) is 4.68. The molecule has 0 atom stereocenters. The Bertz CT molecular complexity index is 599. The highest BCUT2D eigenvalue weighted by molar-refractivity contribution is 7.89. The molecule has 1 amide bonds. The number of rotatable bonds is 5. The zero-order valence-corrected chi connectivity index (χ0v) is 12.2. The minimum atomic E-state index is -3.29. The van der Waals surface area contributed by atoms with Crippen LogP contribution in [0.4, 0.5) is 5.69 Å². The molecular formula is C13H19N3O3S. The maximum Gasteiger partial charge on any atom is 0.251 e. The predicted molar refractivity (Wildman–Crippen MR) is 78.4 cm³/mol. The summed E-state index contributed by atoms with van der Waals surface area (Å²) in [6.45, 7) is 1.05. The molecule has 110 valence electrons. The molecule has 0 spiro atoms.